The van der Waals surface area contributed by atoms with Gasteiger partial charge in [0.2, 0.25) is 0 Å². The van der Waals surface area contributed by atoms with Crippen molar-refractivity contribution in [3.8, 4) is 11.5 Å². The summed E-state index contributed by atoms with van der Waals surface area (Å²) in [5.74, 6) is 1.10. The molecule has 9 heteroatoms. The molecule has 0 atom stereocenters. The van der Waals surface area contributed by atoms with E-state index in [9.17, 15) is 23.1 Å². The Hall–Kier alpha value is -3.88. The van der Waals surface area contributed by atoms with Gasteiger partial charge in [-0.3, -0.25) is 4.90 Å². The Morgan fingerprint density at radius 3 is 2.12 bits per heavy atom. The van der Waals surface area contributed by atoms with Crippen LogP contribution in [-0.2, 0) is 25.7 Å². The molecule has 0 saturated carbocycles. The Morgan fingerprint density at radius 1 is 0.833 bits per heavy atom. The summed E-state index contributed by atoms with van der Waals surface area (Å²) >= 11 is 0. The molecule has 1 aromatic heterocycles. The zero-order valence-electron chi connectivity index (χ0n) is 24.0. The number of nitrogens with zero attached hydrogens (tertiary/aromatic N) is 3. The van der Waals surface area contributed by atoms with Crippen molar-refractivity contribution in [3.05, 3.63) is 83.2 Å². The van der Waals surface area contributed by atoms with E-state index in [1.54, 1.807) is 0 Å². The van der Waals surface area contributed by atoms with E-state index in [4.69, 9.17) is 4.52 Å². The normalized spacial score (nSPS) is 11.7. The first-order chi connectivity index (χ1) is 20.3. The molecule has 3 aromatic carbocycles. The fourth-order valence-corrected chi connectivity index (χ4v) is 5.16. The summed E-state index contributed by atoms with van der Waals surface area (Å²) in [6.45, 7) is 2.24. The van der Waals surface area contributed by atoms with Crippen LogP contribution in [0.25, 0.3) is 22.2 Å². The van der Waals surface area contributed by atoms with E-state index in [1.165, 1.54) is 62.0 Å². The number of carbonyl (C=O) groups is 1. The summed E-state index contributed by atoms with van der Waals surface area (Å²) in [5, 5.41) is 15.7. The second kappa shape index (κ2) is 14.8. The standard InChI is InChI=1S/C33H38F3N3O3/c1-2-3-4-5-6-7-8-9-10-15-30-37-31(42-38-30)29-21-18-25(27-13-11-12-14-28(27)29)23-39(32(40)41)22-24-16-19-26(20-17-24)33(34,35)36/h11-14,16-21H,2-10,15,22-23H2,1H3,(H,40,41). The molecule has 0 unspecified atom stereocenters. The Bertz CT molecular complexity index is 1430. The molecule has 1 amide bonds. The van der Waals surface area contributed by atoms with Gasteiger partial charge in [-0.1, -0.05) is 106 Å². The fraction of sp³-hybridized carbons (Fsp3) is 0.424. The van der Waals surface area contributed by atoms with Crippen LogP contribution in [0.3, 0.4) is 0 Å². The monoisotopic (exact) mass is 581 g/mol. The number of aromatic nitrogens is 2. The predicted molar refractivity (Wildman–Crippen MR) is 157 cm³/mol. The quantitative estimate of drug-likeness (QED) is 0.141. The molecule has 0 spiro atoms. The van der Waals surface area contributed by atoms with E-state index in [2.05, 4.69) is 17.1 Å². The topological polar surface area (TPSA) is 79.5 Å². The van der Waals surface area contributed by atoms with Crippen LogP contribution in [0.5, 0.6) is 0 Å². The van der Waals surface area contributed by atoms with Gasteiger partial charge >= 0.3 is 12.3 Å². The Labute approximate surface area is 244 Å². The van der Waals surface area contributed by atoms with Gasteiger partial charge in [0, 0.05) is 25.1 Å². The average Bonchev–Trinajstić information content (AvgIpc) is 3.44. The van der Waals surface area contributed by atoms with Gasteiger partial charge in [0.15, 0.2) is 5.82 Å². The highest BCUT2D eigenvalue weighted by Crippen LogP contribution is 2.32. The molecule has 1 heterocycles. The summed E-state index contributed by atoms with van der Waals surface area (Å²) in [5.41, 5.74) is 1.23. The summed E-state index contributed by atoms with van der Waals surface area (Å²) in [6, 6.07) is 15.8. The molecule has 0 aliphatic heterocycles. The maximum Gasteiger partial charge on any atom is 0.416 e. The summed E-state index contributed by atoms with van der Waals surface area (Å²) in [4.78, 5) is 17.9. The molecule has 0 fully saturated rings. The van der Waals surface area contributed by atoms with Crippen LogP contribution in [0, 0.1) is 0 Å². The van der Waals surface area contributed by atoms with Crippen molar-refractivity contribution in [2.24, 2.45) is 0 Å². The maximum atomic E-state index is 12.9. The Morgan fingerprint density at radius 2 is 1.48 bits per heavy atom. The third kappa shape index (κ3) is 8.57. The van der Waals surface area contributed by atoms with E-state index in [-0.39, 0.29) is 13.1 Å². The molecule has 0 saturated heterocycles. The first-order valence-electron chi connectivity index (χ1n) is 14.7. The van der Waals surface area contributed by atoms with Gasteiger partial charge in [0.1, 0.15) is 0 Å². The smallest absolute Gasteiger partial charge is 0.416 e. The van der Waals surface area contributed by atoms with Gasteiger partial charge in [0.25, 0.3) is 5.89 Å². The lowest BCUT2D eigenvalue weighted by Gasteiger charge is -2.21. The van der Waals surface area contributed by atoms with Crippen molar-refractivity contribution in [1.82, 2.24) is 15.0 Å². The van der Waals surface area contributed by atoms with E-state index < -0.39 is 17.8 Å². The minimum absolute atomic E-state index is 0.0462. The first kappa shape index (κ1) is 31.1. The lowest BCUT2D eigenvalue weighted by atomic mass is 9.99. The first-order valence-corrected chi connectivity index (χ1v) is 14.7. The van der Waals surface area contributed by atoms with Gasteiger partial charge in [-0.2, -0.15) is 18.2 Å². The van der Waals surface area contributed by atoms with Crippen molar-refractivity contribution < 1.29 is 27.6 Å². The predicted octanol–water partition coefficient (Wildman–Crippen LogP) is 9.66. The largest absolute Gasteiger partial charge is 0.465 e. The number of alkyl halides is 3. The SMILES string of the molecule is CCCCCCCCCCCc1noc(-c2ccc(CN(Cc3ccc(C(F)(F)F)cc3)C(=O)O)c3ccccc23)n1. The molecule has 224 valence electrons. The number of benzene rings is 3. The van der Waals surface area contributed by atoms with Crippen molar-refractivity contribution in [1.29, 1.82) is 0 Å². The molecule has 4 aromatic rings. The van der Waals surface area contributed by atoms with Gasteiger partial charge in [0.05, 0.1) is 5.56 Å². The third-order valence-corrected chi connectivity index (χ3v) is 7.50. The van der Waals surface area contributed by atoms with Crippen LogP contribution < -0.4 is 0 Å². The Kier molecular flexibility index (Phi) is 11.0. The minimum atomic E-state index is -4.45. The number of amides is 1. The highest BCUT2D eigenvalue weighted by Gasteiger charge is 2.30. The lowest BCUT2D eigenvalue weighted by Crippen LogP contribution is -2.28. The van der Waals surface area contributed by atoms with Crippen molar-refractivity contribution in [2.45, 2.75) is 90.4 Å². The van der Waals surface area contributed by atoms with Crippen LogP contribution in [0.4, 0.5) is 18.0 Å². The van der Waals surface area contributed by atoms with E-state index >= 15 is 0 Å². The molecular formula is C33H38F3N3O3. The summed E-state index contributed by atoms with van der Waals surface area (Å²) in [6.07, 6.45) is 6.33. The highest BCUT2D eigenvalue weighted by atomic mass is 19.4. The highest BCUT2D eigenvalue weighted by molar-refractivity contribution is 5.97. The summed E-state index contributed by atoms with van der Waals surface area (Å²) < 4.78 is 44.4. The molecule has 6 nitrogen and oxygen atoms in total. The average molecular weight is 582 g/mol. The van der Waals surface area contributed by atoms with Crippen LogP contribution >= 0.6 is 0 Å². The zero-order chi connectivity index (χ0) is 30.0. The Balaban J connectivity index is 1.41. The fourth-order valence-electron chi connectivity index (χ4n) is 5.16. The van der Waals surface area contributed by atoms with Crippen molar-refractivity contribution in [3.63, 3.8) is 0 Å². The number of fused-ring (bicyclic) bond motifs is 1. The molecule has 0 aliphatic carbocycles. The van der Waals surface area contributed by atoms with Gasteiger partial charge in [-0.05, 0) is 46.5 Å². The van der Waals surface area contributed by atoms with Crippen LogP contribution in [0.15, 0.2) is 65.2 Å². The number of hydrogen-bond acceptors (Lipinski definition) is 4. The maximum absolute atomic E-state index is 12.9. The number of carboxylic acid groups (broad SMARTS) is 1. The molecule has 0 radical (unpaired) electrons. The van der Waals surface area contributed by atoms with E-state index in [0.717, 1.165) is 53.3 Å². The van der Waals surface area contributed by atoms with Crippen LogP contribution in [-0.4, -0.2) is 26.2 Å². The van der Waals surface area contributed by atoms with E-state index in [0.29, 0.717) is 17.3 Å². The van der Waals surface area contributed by atoms with Gasteiger partial charge in [-0.15, -0.1) is 0 Å². The second-order valence-corrected chi connectivity index (χ2v) is 10.7. The summed E-state index contributed by atoms with van der Waals surface area (Å²) in [7, 11) is 0. The molecule has 1 N–H and O–H groups in total. The van der Waals surface area contributed by atoms with E-state index in [1.807, 2.05) is 36.4 Å². The third-order valence-electron chi connectivity index (χ3n) is 7.50. The second-order valence-electron chi connectivity index (χ2n) is 10.7. The van der Waals surface area contributed by atoms with Gasteiger partial charge < -0.3 is 9.63 Å². The van der Waals surface area contributed by atoms with Crippen molar-refractivity contribution in [2.75, 3.05) is 0 Å². The molecular weight excluding hydrogens is 543 g/mol. The molecule has 0 bridgehead atoms. The lowest BCUT2D eigenvalue weighted by molar-refractivity contribution is -0.137. The number of hydrogen-bond donors (Lipinski definition) is 1. The number of aryl methyl sites for hydroxylation is 1. The van der Waals surface area contributed by atoms with Crippen molar-refractivity contribution >= 4 is 16.9 Å². The number of unbranched alkanes of at least 4 members (excludes halogenated alkanes) is 8. The van der Waals surface area contributed by atoms with Crippen LogP contribution in [0.1, 0.15) is 87.2 Å². The van der Waals surface area contributed by atoms with Gasteiger partial charge in [-0.25, -0.2) is 4.79 Å². The van der Waals surface area contributed by atoms with Crippen LogP contribution in [0.2, 0.25) is 0 Å². The molecule has 4 rings (SSSR count). The number of rotatable bonds is 15. The molecule has 0 aliphatic rings. The number of halogens is 3. The minimum Gasteiger partial charge on any atom is -0.465 e. The zero-order valence-corrected chi connectivity index (χ0v) is 24.0. The molecule has 42 heavy (non-hydrogen) atoms.